The first-order valence-corrected chi connectivity index (χ1v) is 9.80. The maximum absolute atomic E-state index is 13.0. The molecular formula is C22H20F3N3O3. The van der Waals surface area contributed by atoms with Gasteiger partial charge in [0.05, 0.1) is 12.1 Å². The number of rotatable bonds is 5. The van der Waals surface area contributed by atoms with Gasteiger partial charge in [0.15, 0.2) is 0 Å². The van der Waals surface area contributed by atoms with Gasteiger partial charge in [0.25, 0.3) is 11.8 Å². The number of nitrogens with one attached hydrogen (secondary N) is 3. The highest BCUT2D eigenvalue weighted by Crippen LogP contribution is 2.41. The van der Waals surface area contributed by atoms with Crippen LogP contribution in [0.2, 0.25) is 0 Å². The van der Waals surface area contributed by atoms with E-state index < -0.39 is 35.1 Å². The van der Waals surface area contributed by atoms with Crippen molar-refractivity contribution < 1.29 is 27.6 Å². The highest BCUT2D eigenvalue weighted by Gasteiger charge is 2.56. The van der Waals surface area contributed by atoms with Gasteiger partial charge in [0.2, 0.25) is 0 Å². The Labute approximate surface area is 176 Å². The molecular weight excluding hydrogens is 411 g/mol. The number of alkyl halides is 3. The molecule has 0 radical (unpaired) electrons. The number of hydrogen-bond donors (Lipinski definition) is 3. The van der Waals surface area contributed by atoms with Gasteiger partial charge in [-0.3, -0.25) is 14.9 Å². The van der Waals surface area contributed by atoms with Crippen molar-refractivity contribution in [1.29, 1.82) is 0 Å². The van der Waals surface area contributed by atoms with E-state index in [2.05, 4.69) is 16.0 Å². The third kappa shape index (κ3) is 3.99. The minimum Gasteiger partial charge on any atom is -0.349 e. The standard InChI is InChI=1S/C22H20F3N3O3/c1-12-2-9-16(17(10-12)13-3-5-15(6-4-13)22(23,24)25)18(29)26-11-21(14-7-8-14)19(30)27-20(31)28-21/h2-6,9-10,14H,7-8,11H2,1H3,(H,26,29)(H2,27,28,30,31)/t21-/m0/s1. The Morgan fingerprint density at radius 3 is 2.35 bits per heavy atom. The Kier molecular flexibility index (Phi) is 4.99. The van der Waals surface area contributed by atoms with Gasteiger partial charge in [-0.05, 0) is 55.0 Å². The zero-order valence-electron chi connectivity index (χ0n) is 16.6. The van der Waals surface area contributed by atoms with E-state index in [1.54, 1.807) is 18.2 Å². The topological polar surface area (TPSA) is 87.3 Å². The Morgan fingerprint density at radius 1 is 1.13 bits per heavy atom. The first kappa shape index (κ1) is 20.9. The molecule has 0 aromatic heterocycles. The summed E-state index contributed by atoms with van der Waals surface area (Å²) in [5, 5.41) is 7.59. The summed E-state index contributed by atoms with van der Waals surface area (Å²) in [5.74, 6) is -0.998. The lowest BCUT2D eigenvalue weighted by Crippen LogP contribution is -2.57. The molecule has 1 aliphatic heterocycles. The molecule has 2 fully saturated rings. The number of carbonyl (C=O) groups excluding carboxylic acids is 3. The number of halogens is 3. The van der Waals surface area contributed by atoms with Crippen LogP contribution in [-0.2, 0) is 11.0 Å². The van der Waals surface area contributed by atoms with Gasteiger partial charge in [-0.2, -0.15) is 13.2 Å². The summed E-state index contributed by atoms with van der Waals surface area (Å²) in [4.78, 5) is 37.0. The van der Waals surface area contributed by atoms with Crippen LogP contribution in [-0.4, -0.2) is 29.9 Å². The predicted octanol–water partition coefficient (Wildman–Crippen LogP) is 3.40. The molecule has 1 aliphatic carbocycles. The van der Waals surface area contributed by atoms with E-state index in [-0.39, 0.29) is 18.0 Å². The van der Waals surface area contributed by atoms with Crippen molar-refractivity contribution in [1.82, 2.24) is 16.0 Å². The van der Waals surface area contributed by atoms with Gasteiger partial charge in [0.1, 0.15) is 5.54 Å². The quantitative estimate of drug-likeness (QED) is 0.635. The average Bonchev–Trinajstić information content (AvgIpc) is 3.51. The van der Waals surface area contributed by atoms with Crippen LogP contribution in [0.1, 0.15) is 34.3 Å². The molecule has 2 aromatic carbocycles. The summed E-state index contributed by atoms with van der Waals surface area (Å²) in [6.07, 6.45) is -2.91. The van der Waals surface area contributed by atoms with Crippen molar-refractivity contribution in [3.63, 3.8) is 0 Å². The van der Waals surface area contributed by atoms with E-state index >= 15 is 0 Å². The van der Waals surface area contributed by atoms with Crippen LogP contribution in [0.5, 0.6) is 0 Å². The Morgan fingerprint density at radius 2 is 1.81 bits per heavy atom. The van der Waals surface area contributed by atoms with Crippen LogP contribution < -0.4 is 16.0 Å². The van der Waals surface area contributed by atoms with E-state index in [1.807, 2.05) is 6.92 Å². The zero-order valence-corrected chi connectivity index (χ0v) is 16.6. The fourth-order valence-corrected chi connectivity index (χ4v) is 3.89. The van der Waals surface area contributed by atoms with Gasteiger partial charge in [-0.25, -0.2) is 4.79 Å². The molecule has 0 bridgehead atoms. The monoisotopic (exact) mass is 431 g/mol. The lowest BCUT2D eigenvalue weighted by Gasteiger charge is -2.26. The summed E-state index contributed by atoms with van der Waals surface area (Å²) < 4.78 is 38.6. The van der Waals surface area contributed by atoms with Crippen LogP contribution in [0.15, 0.2) is 42.5 Å². The van der Waals surface area contributed by atoms with Crippen molar-refractivity contribution >= 4 is 17.8 Å². The van der Waals surface area contributed by atoms with E-state index in [1.165, 1.54) is 12.1 Å². The number of amides is 4. The minimum atomic E-state index is -4.45. The minimum absolute atomic E-state index is 0.0494. The fraction of sp³-hybridized carbons (Fsp3) is 0.318. The number of carbonyl (C=O) groups is 3. The Bertz CT molecular complexity index is 1060. The molecule has 2 aliphatic rings. The van der Waals surface area contributed by atoms with Crippen molar-refractivity contribution in [2.24, 2.45) is 5.92 Å². The molecule has 4 rings (SSSR count). The van der Waals surface area contributed by atoms with Gasteiger partial charge in [0, 0.05) is 5.56 Å². The molecule has 1 heterocycles. The average molecular weight is 431 g/mol. The molecule has 0 unspecified atom stereocenters. The third-order valence-electron chi connectivity index (χ3n) is 5.71. The fourth-order valence-electron chi connectivity index (χ4n) is 3.89. The molecule has 31 heavy (non-hydrogen) atoms. The SMILES string of the molecule is Cc1ccc(C(=O)NC[C@@]2(C3CC3)NC(=O)NC2=O)c(-c2ccc(C(F)(F)F)cc2)c1. The highest BCUT2D eigenvalue weighted by atomic mass is 19.4. The summed E-state index contributed by atoms with van der Waals surface area (Å²) in [6.45, 7) is 1.74. The van der Waals surface area contributed by atoms with Crippen LogP contribution in [0.25, 0.3) is 11.1 Å². The van der Waals surface area contributed by atoms with Gasteiger partial charge < -0.3 is 10.6 Å². The van der Waals surface area contributed by atoms with Crippen LogP contribution >= 0.6 is 0 Å². The number of benzene rings is 2. The molecule has 1 atom stereocenters. The van der Waals surface area contributed by atoms with Gasteiger partial charge in [-0.15, -0.1) is 0 Å². The first-order valence-electron chi connectivity index (χ1n) is 9.80. The second-order valence-corrected chi connectivity index (χ2v) is 7.96. The molecule has 0 spiro atoms. The van der Waals surface area contributed by atoms with Gasteiger partial charge >= 0.3 is 12.2 Å². The largest absolute Gasteiger partial charge is 0.416 e. The highest BCUT2D eigenvalue weighted by molar-refractivity contribution is 6.08. The number of urea groups is 1. The lowest BCUT2D eigenvalue weighted by molar-refractivity contribution is -0.137. The summed E-state index contributed by atoms with van der Waals surface area (Å²) >= 11 is 0. The predicted molar refractivity (Wildman–Crippen MR) is 106 cm³/mol. The second-order valence-electron chi connectivity index (χ2n) is 7.96. The molecule has 4 amide bonds. The Balaban J connectivity index is 1.59. The van der Waals surface area contributed by atoms with E-state index in [0.29, 0.717) is 11.1 Å². The van der Waals surface area contributed by atoms with E-state index in [4.69, 9.17) is 0 Å². The lowest BCUT2D eigenvalue weighted by atomic mass is 9.92. The van der Waals surface area contributed by atoms with Gasteiger partial charge in [-0.1, -0.05) is 29.8 Å². The van der Waals surface area contributed by atoms with Crippen molar-refractivity contribution in [3.8, 4) is 11.1 Å². The molecule has 9 heteroatoms. The summed E-state index contributed by atoms with van der Waals surface area (Å²) in [6, 6.07) is 9.04. The van der Waals surface area contributed by atoms with Crippen molar-refractivity contribution in [3.05, 3.63) is 59.2 Å². The van der Waals surface area contributed by atoms with E-state index in [0.717, 1.165) is 30.5 Å². The molecule has 6 nitrogen and oxygen atoms in total. The van der Waals surface area contributed by atoms with Crippen LogP contribution in [0.3, 0.4) is 0 Å². The van der Waals surface area contributed by atoms with E-state index in [9.17, 15) is 27.6 Å². The second kappa shape index (κ2) is 7.40. The molecule has 1 saturated heterocycles. The maximum Gasteiger partial charge on any atom is 0.416 e. The number of imide groups is 1. The molecule has 162 valence electrons. The van der Waals surface area contributed by atoms with Crippen molar-refractivity contribution in [2.75, 3.05) is 6.54 Å². The number of hydrogen-bond acceptors (Lipinski definition) is 3. The van der Waals surface area contributed by atoms with Crippen LogP contribution in [0, 0.1) is 12.8 Å². The molecule has 1 saturated carbocycles. The molecule has 2 aromatic rings. The van der Waals surface area contributed by atoms with Crippen molar-refractivity contribution in [2.45, 2.75) is 31.5 Å². The number of aryl methyl sites for hydroxylation is 1. The summed E-state index contributed by atoms with van der Waals surface area (Å²) in [7, 11) is 0. The zero-order chi connectivity index (χ0) is 22.4. The normalized spacial score (nSPS) is 20.9. The maximum atomic E-state index is 13.0. The first-order chi connectivity index (χ1) is 14.6. The smallest absolute Gasteiger partial charge is 0.349 e. The van der Waals surface area contributed by atoms with Crippen LogP contribution in [0.4, 0.5) is 18.0 Å². The Hall–Kier alpha value is -3.36. The summed E-state index contributed by atoms with van der Waals surface area (Å²) in [5.41, 5.74) is 0.0947. The molecule has 3 N–H and O–H groups in total. The third-order valence-corrected chi connectivity index (χ3v) is 5.71.